The number of carboxylic acid groups (broad SMARTS) is 1. The second-order valence-corrected chi connectivity index (χ2v) is 7.30. The van der Waals surface area contributed by atoms with Crippen molar-refractivity contribution >= 4 is 16.2 Å². The highest BCUT2D eigenvalue weighted by molar-refractivity contribution is 7.87. The minimum Gasteiger partial charge on any atom is -0.481 e. The van der Waals surface area contributed by atoms with Gasteiger partial charge in [-0.15, -0.1) is 0 Å². The van der Waals surface area contributed by atoms with Crippen LogP contribution in [0, 0.1) is 0 Å². The summed E-state index contributed by atoms with van der Waals surface area (Å²) in [7, 11) is -3.55. The molecule has 19 heavy (non-hydrogen) atoms. The summed E-state index contributed by atoms with van der Waals surface area (Å²) in [5, 5.41) is 8.92. The van der Waals surface area contributed by atoms with Crippen LogP contribution in [0.3, 0.4) is 0 Å². The van der Waals surface area contributed by atoms with E-state index in [1.165, 1.54) is 4.31 Å². The predicted molar refractivity (Wildman–Crippen MR) is 70.9 cm³/mol. The second-order valence-electron chi connectivity index (χ2n) is 5.62. The third kappa shape index (κ3) is 3.67. The van der Waals surface area contributed by atoms with Gasteiger partial charge in [0.15, 0.2) is 0 Å². The Labute approximate surface area is 114 Å². The maximum absolute atomic E-state index is 12.4. The number of carboxylic acids is 1. The fourth-order valence-corrected chi connectivity index (χ4v) is 4.52. The van der Waals surface area contributed by atoms with Crippen LogP contribution in [0.15, 0.2) is 0 Å². The zero-order valence-electron chi connectivity index (χ0n) is 11.1. The number of aliphatic carboxylic acids is 1. The Morgan fingerprint density at radius 3 is 2.11 bits per heavy atom. The molecule has 2 rings (SSSR count). The number of hydrogen-bond donors (Lipinski definition) is 2. The van der Waals surface area contributed by atoms with Gasteiger partial charge in [0, 0.05) is 18.6 Å². The van der Waals surface area contributed by atoms with Crippen LogP contribution in [-0.2, 0) is 15.0 Å². The lowest BCUT2D eigenvalue weighted by Gasteiger charge is -2.42. The molecular weight excluding hydrogens is 268 g/mol. The van der Waals surface area contributed by atoms with Gasteiger partial charge in [-0.25, -0.2) is 0 Å². The van der Waals surface area contributed by atoms with E-state index in [1.54, 1.807) is 0 Å². The molecule has 7 heteroatoms. The van der Waals surface area contributed by atoms with Crippen LogP contribution < -0.4 is 4.72 Å². The number of carbonyl (C=O) groups is 1. The Bertz CT molecular complexity index is 423. The fraction of sp³-hybridized carbons (Fsp3) is 0.917. The molecule has 0 aromatic rings. The van der Waals surface area contributed by atoms with E-state index in [0.717, 1.165) is 32.1 Å². The SMILES string of the molecule is O=C(O)CC1(NS(=O)(=O)N2CCCCCC2)CCC1. The smallest absolute Gasteiger partial charge is 0.305 e. The van der Waals surface area contributed by atoms with Crippen molar-refractivity contribution in [1.82, 2.24) is 9.03 Å². The third-order valence-electron chi connectivity index (χ3n) is 4.05. The molecule has 0 amide bonds. The number of nitrogens with one attached hydrogen (secondary N) is 1. The lowest BCUT2D eigenvalue weighted by Crippen LogP contribution is -2.58. The number of nitrogens with zero attached hydrogens (tertiary/aromatic N) is 1. The molecular formula is C12H22N2O4S. The Kier molecular flexibility index (Phi) is 4.47. The zero-order valence-corrected chi connectivity index (χ0v) is 11.9. The summed E-state index contributed by atoms with van der Waals surface area (Å²) < 4.78 is 28.8. The summed E-state index contributed by atoms with van der Waals surface area (Å²) in [5.41, 5.74) is -0.753. The van der Waals surface area contributed by atoms with Gasteiger partial charge in [-0.05, 0) is 32.1 Å². The van der Waals surface area contributed by atoms with Crippen LogP contribution in [0.25, 0.3) is 0 Å². The Morgan fingerprint density at radius 2 is 1.68 bits per heavy atom. The van der Waals surface area contributed by atoms with Gasteiger partial charge < -0.3 is 5.11 Å². The van der Waals surface area contributed by atoms with Crippen molar-refractivity contribution in [1.29, 1.82) is 0 Å². The molecule has 1 saturated carbocycles. The highest BCUT2D eigenvalue weighted by Gasteiger charge is 2.43. The molecule has 2 N–H and O–H groups in total. The van der Waals surface area contributed by atoms with Gasteiger partial charge in [0.25, 0.3) is 10.2 Å². The molecule has 0 aromatic heterocycles. The Morgan fingerprint density at radius 1 is 1.11 bits per heavy atom. The molecule has 110 valence electrons. The standard InChI is InChI=1S/C12H22N2O4S/c15-11(16)10-12(6-5-7-12)13-19(17,18)14-8-3-1-2-4-9-14/h13H,1-10H2,(H,15,16). The molecule has 6 nitrogen and oxygen atoms in total. The summed E-state index contributed by atoms with van der Waals surface area (Å²) in [4.78, 5) is 10.9. The van der Waals surface area contributed by atoms with Crippen LogP contribution in [0.2, 0.25) is 0 Å². The summed E-state index contributed by atoms with van der Waals surface area (Å²) in [6.45, 7) is 1.08. The predicted octanol–water partition coefficient (Wildman–Crippen LogP) is 1.09. The molecule has 0 unspecified atom stereocenters. The fourth-order valence-electron chi connectivity index (χ4n) is 2.83. The molecule has 1 heterocycles. The van der Waals surface area contributed by atoms with E-state index in [0.29, 0.717) is 25.9 Å². The molecule has 1 saturated heterocycles. The van der Waals surface area contributed by atoms with E-state index in [2.05, 4.69) is 4.72 Å². The highest BCUT2D eigenvalue weighted by Crippen LogP contribution is 2.36. The second kappa shape index (κ2) is 5.76. The van der Waals surface area contributed by atoms with E-state index >= 15 is 0 Å². The largest absolute Gasteiger partial charge is 0.481 e. The molecule has 0 bridgehead atoms. The van der Waals surface area contributed by atoms with E-state index in [-0.39, 0.29) is 6.42 Å². The van der Waals surface area contributed by atoms with E-state index in [1.807, 2.05) is 0 Å². The van der Waals surface area contributed by atoms with E-state index in [9.17, 15) is 13.2 Å². The molecule has 2 fully saturated rings. The van der Waals surface area contributed by atoms with Gasteiger partial charge in [-0.1, -0.05) is 12.8 Å². The van der Waals surface area contributed by atoms with Crippen LogP contribution in [0.1, 0.15) is 51.4 Å². The Hall–Kier alpha value is -0.660. The molecule has 1 aliphatic carbocycles. The highest BCUT2D eigenvalue weighted by atomic mass is 32.2. The van der Waals surface area contributed by atoms with Crippen molar-refractivity contribution in [2.45, 2.75) is 56.9 Å². The van der Waals surface area contributed by atoms with E-state index in [4.69, 9.17) is 5.11 Å². The lowest BCUT2D eigenvalue weighted by molar-refractivity contribution is -0.139. The molecule has 0 aromatic carbocycles. The monoisotopic (exact) mass is 290 g/mol. The maximum Gasteiger partial charge on any atom is 0.305 e. The number of rotatable bonds is 5. The minimum absolute atomic E-state index is 0.125. The Balaban J connectivity index is 2.04. The van der Waals surface area contributed by atoms with Gasteiger partial charge >= 0.3 is 5.97 Å². The van der Waals surface area contributed by atoms with Crippen molar-refractivity contribution in [3.8, 4) is 0 Å². The van der Waals surface area contributed by atoms with Gasteiger partial charge in [0.2, 0.25) is 0 Å². The lowest BCUT2D eigenvalue weighted by atomic mass is 9.75. The summed E-state index contributed by atoms with van der Waals surface area (Å²) in [5.74, 6) is -0.946. The first-order valence-electron chi connectivity index (χ1n) is 6.94. The summed E-state index contributed by atoms with van der Waals surface area (Å²) in [6.07, 6.45) is 5.88. The van der Waals surface area contributed by atoms with Crippen LogP contribution in [-0.4, -0.2) is 42.4 Å². The van der Waals surface area contributed by atoms with Crippen molar-refractivity contribution in [3.63, 3.8) is 0 Å². The van der Waals surface area contributed by atoms with Crippen LogP contribution in [0.4, 0.5) is 0 Å². The average Bonchev–Trinajstić information content (AvgIpc) is 2.53. The van der Waals surface area contributed by atoms with Crippen LogP contribution in [0.5, 0.6) is 0 Å². The first-order valence-corrected chi connectivity index (χ1v) is 8.38. The zero-order chi connectivity index (χ0) is 13.9. The summed E-state index contributed by atoms with van der Waals surface area (Å²) in [6, 6.07) is 0. The van der Waals surface area contributed by atoms with E-state index < -0.39 is 21.7 Å². The minimum atomic E-state index is -3.55. The molecule has 0 spiro atoms. The van der Waals surface area contributed by atoms with Crippen molar-refractivity contribution in [2.24, 2.45) is 0 Å². The van der Waals surface area contributed by atoms with Crippen molar-refractivity contribution in [3.05, 3.63) is 0 Å². The van der Waals surface area contributed by atoms with Crippen LogP contribution >= 0.6 is 0 Å². The van der Waals surface area contributed by atoms with Gasteiger partial charge in [-0.3, -0.25) is 4.79 Å². The summed E-state index contributed by atoms with van der Waals surface area (Å²) >= 11 is 0. The molecule has 0 radical (unpaired) electrons. The molecule has 1 aliphatic heterocycles. The normalized spacial score (nSPS) is 24.4. The molecule has 2 aliphatic rings. The average molecular weight is 290 g/mol. The first-order chi connectivity index (χ1) is 8.94. The topological polar surface area (TPSA) is 86.7 Å². The first kappa shape index (κ1) is 14.7. The third-order valence-corrected chi connectivity index (χ3v) is 5.79. The van der Waals surface area contributed by atoms with Gasteiger partial charge in [-0.2, -0.15) is 17.4 Å². The maximum atomic E-state index is 12.4. The van der Waals surface area contributed by atoms with Gasteiger partial charge in [0.1, 0.15) is 0 Å². The van der Waals surface area contributed by atoms with Crippen molar-refractivity contribution < 1.29 is 18.3 Å². The van der Waals surface area contributed by atoms with Crippen molar-refractivity contribution in [2.75, 3.05) is 13.1 Å². The number of hydrogen-bond acceptors (Lipinski definition) is 3. The van der Waals surface area contributed by atoms with Gasteiger partial charge in [0.05, 0.1) is 6.42 Å². The quantitative estimate of drug-likeness (QED) is 0.793. The molecule has 0 atom stereocenters.